The monoisotopic (exact) mass is 651 g/mol. The highest BCUT2D eigenvalue weighted by Crippen LogP contribution is 2.47. The second kappa shape index (κ2) is 12.8. The van der Waals surface area contributed by atoms with Gasteiger partial charge in [-0.1, -0.05) is 151 Å². The summed E-state index contributed by atoms with van der Waals surface area (Å²) in [5.41, 5.74) is 13.3. The predicted octanol–water partition coefficient (Wildman–Crippen LogP) is 14.2. The Bertz CT molecular complexity index is 2620. The summed E-state index contributed by atoms with van der Waals surface area (Å²) < 4.78 is 0. The van der Waals surface area contributed by atoms with Gasteiger partial charge < -0.3 is 4.90 Å². The van der Waals surface area contributed by atoms with E-state index in [4.69, 9.17) is 0 Å². The summed E-state index contributed by atoms with van der Waals surface area (Å²) in [6.45, 7) is 4.27. The van der Waals surface area contributed by atoms with Crippen LogP contribution in [0.25, 0.3) is 65.7 Å². The molecular weight excluding hydrogens is 615 g/mol. The minimum Gasteiger partial charge on any atom is -0.311 e. The van der Waals surface area contributed by atoms with Gasteiger partial charge in [-0.25, -0.2) is 0 Å². The molecule has 0 unspecified atom stereocenters. The van der Waals surface area contributed by atoms with Crippen LogP contribution >= 0.6 is 0 Å². The maximum Gasteiger partial charge on any atom is 0.0462 e. The van der Waals surface area contributed by atoms with Crippen molar-refractivity contribution in [2.45, 2.75) is 13.8 Å². The fourth-order valence-corrected chi connectivity index (χ4v) is 7.65. The molecule has 1 nitrogen and oxygen atoms in total. The molecule has 0 aliphatic rings. The molecule has 242 valence electrons. The lowest BCUT2D eigenvalue weighted by Gasteiger charge is -2.26. The molecule has 51 heavy (non-hydrogen) atoms. The van der Waals surface area contributed by atoms with E-state index in [9.17, 15) is 0 Å². The van der Waals surface area contributed by atoms with E-state index in [0.29, 0.717) is 0 Å². The van der Waals surface area contributed by atoms with E-state index >= 15 is 0 Å². The van der Waals surface area contributed by atoms with Crippen LogP contribution in [0.2, 0.25) is 0 Å². The first kappa shape index (κ1) is 30.6. The van der Waals surface area contributed by atoms with Crippen LogP contribution in [-0.2, 0) is 0 Å². The molecule has 0 saturated heterocycles. The molecule has 0 saturated carbocycles. The molecule has 0 amide bonds. The number of fused-ring (bicyclic) bond motifs is 3. The SMILES string of the molecule is Cc1ccc(N(c2ccc(C)cc2)c2ccc(-c3c4ccccc4c(-c4ccccc4-c4ccccc4)c4cc5ccccc5cc34)cc2)cc1. The van der Waals surface area contributed by atoms with Gasteiger partial charge >= 0.3 is 0 Å². The molecule has 0 aliphatic heterocycles. The van der Waals surface area contributed by atoms with Crippen molar-refractivity contribution < 1.29 is 0 Å². The molecule has 0 radical (unpaired) electrons. The number of benzene rings is 9. The molecule has 9 aromatic rings. The van der Waals surface area contributed by atoms with E-state index in [1.54, 1.807) is 0 Å². The lowest BCUT2D eigenvalue weighted by atomic mass is 9.83. The van der Waals surface area contributed by atoms with E-state index in [1.807, 2.05) is 0 Å². The van der Waals surface area contributed by atoms with Crippen LogP contribution in [0.15, 0.2) is 188 Å². The average molecular weight is 652 g/mol. The predicted molar refractivity (Wildman–Crippen MR) is 219 cm³/mol. The maximum atomic E-state index is 2.41. The van der Waals surface area contributed by atoms with Crippen molar-refractivity contribution in [3.8, 4) is 33.4 Å². The molecule has 0 fully saturated rings. The largest absolute Gasteiger partial charge is 0.311 e. The summed E-state index contributed by atoms with van der Waals surface area (Å²) in [6, 6.07) is 68.9. The first-order valence-corrected chi connectivity index (χ1v) is 17.7. The summed E-state index contributed by atoms with van der Waals surface area (Å²) in [4.78, 5) is 2.34. The van der Waals surface area contributed by atoms with Gasteiger partial charge in [0.05, 0.1) is 0 Å². The maximum absolute atomic E-state index is 2.41. The Labute approximate surface area is 299 Å². The Morgan fingerprint density at radius 2 is 0.745 bits per heavy atom. The van der Waals surface area contributed by atoms with E-state index in [2.05, 4.69) is 207 Å². The molecule has 9 rings (SSSR count). The molecule has 0 spiro atoms. The van der Waals surface area contributed by atoms with E-state index in [-0.39, 0.29) is 0 Å². The quantitative estimate of drug-likeness (QED) is 0.162. The van der Waals surface area contributed by atoms with Crippen LogP contribution in [0.5, 0.6) is 0 Å². The van der Waals surface area contributed by atoms with Gasteiger partial charge in [-0.3, -0.25) is 0 Å². The first-order valence-electron chi connectivity index (χ1n) is 17.7. The fraction of sp³-hybridized carbons (Fsp3) is 0.0400. The Balaban J connectivity index is 1.29. The number of rotatable bonds is 6. The first-order chi connectivity index (χ1) is 25.1. The number of nitrogens with zero attached hydrogens (tertiary/aromatic N) is 1. The van der Waals surface area contributed by atoms with Crippen LogP contribution in [0.4, 0.5) is 17.1 Å². The minimum atomic E-state index is 1.12. The highest BCUT2D eigenvalue weighted by molar-refractivity contribution is 6.24. The normalized spacial score (nSPS) is 11.3. The number of anilines is 3. The van der Waals surface area contributed by atoms with Gasteiger partial charge in [-0.05, 0) is 128 Å². The van der Waals surface area contributed by atoms with Crippen molar-refractivity contribution in [1.29, 1.82) is 0 Å². The third kappa shape index (κ3) is 5.54. The van der Waals surface area contributed by atoms with Crippen molar-refractivity contribution in [1.82, 2.24) is 0 Å². The highest BCUT2D eigenvalue weighted by atomic mass is 15.1. The van der Waals surface area contributed by atoms with Gasteiger partial charge in [-0.2, -0.15) is 0 Å². The second-order valence-corrected chi connectivity index (χ2v) is 13.5. The molecule has 0 aromatic heterocycles. The third-order valence-corrected chi connectivity index (χ3v) is 10.2. The van der Waals surface area contributed by atoms with Gasteiger partial charge in [0.25, 0.3) is 0 Å². The number of aryl methyl sites for hydroxylation is 2. The van der Waals surface area contributed by atoms with E-state index in [0.717, 1.165) is 17.1 Å². The van der Waals surface area contributed by atoms with Gasteiger partial charge in [0, 0.05) is 17.1 Å². The summed E-state index contributed by atoms with van der Waals surface area (Å²) in [5, 5.41) is 7.50. The topological polar surface area (TPSA) is 3.24 Å². The standard InChI is InChI=1S/C50H37N/c1-34-20-26-40(27-21-34)51(41-28-22-35(2)23-29-41)42-30-24-37(25-31-42)49-45-18-10-11-19-46(45)50(48-33-39-15-7-6-14-38(39)32-47(48)49)44-17-9-8-16-43(44)36-12-4-3-5-13-36/h3-33H,1-2H3. The zero-order valence-electron chi connectivity index (χ0n) is 28.8. The van der Waals surface area contributed by atoms with Crippen molar-refractivity contribution >= 4 is 49.4 Å². The molecule has 0 heterocycles. The van der Waals surface area contributed by atoms with Crippen LogP contribution < -0.4 is 4.90 Å². The molecule has 1 heteroatoms. The van der Waals surface area contributed by atoms with Crippen molar-refractivity contribution in [2.24, 2.45) is 0 Å². The molecule has 0 N–H and O–H groups in total. The molecule has 9 aromatic carbocycles. The molecule has 0 aliphatic carbocycles. The van der Waals surface area contributed by atoms with Gasteiger partial charge in [0.15, 0.2) is 0 Å². The lowest BCUT2D eigenvalue weighted by molar-refractivity contribution is 1.27. The summed E-state index contributed by atoms with van der Waals surface area (Å²) in [6.07, 6.45) is 0. The summed E-state index contributed by atoms with van der Waals surface area (Å²) in [7, 11) is 0. The zero-order valence-corrected chi connectivity index (χ0v) is 28.8. The smallest absolute Gasteiger partial charge is 0.0462 e. The lowest BCUT2D eigenvalue weighted by Crippen LogP contribution is -2.09. The molecule has 0 atom stereocenters. The van der Waals surface area contributed by atoms with Crippen LogP contribution in [-0.4, -0.2) is 0 Å². The summed E-state index contributed by atoms with van der Waals surface area (Å²) in [5.74, 6) is 0. The van der Waals surface area contributed by atoms with Crippen molar-refractivity contribution in [2.75, 3.05) is 4.90 Å². The molecule has 0 bridgehead atoms. The minimum absolute atomic E-state index is 1.12. The summed E-state index contributed by atoms with van der Waals surface area (Å²) >= 11 is 0. The zero-order chi connectivity index (χ0) is 34.3. The Hall–Kier alpha value is -6.44. The number of hydrogen-bond acceptors (Lipinski definition) is 1. The van der Waals surface area contributed by atoms with E-state index < -0.39 is 0 Å². The van der Waals surface area contributed by atoms with Crippen LogP contribution in [0.3, 0.4) is 0 Å². The van der Waals surface area contributed by atoms with Gasteiger partial charge in [0.1, 0.15) is 0 Å². The highest BCUT2D eigenvalue weighted by Gasteiger charge is 2.20. The Morgan fingerprint density at radius 1 is 0.314 bits per heavy atom. The van der Waals surface area contributed by atoms with Gasteiger partial charge in [0.2, 0.25) is 0 Å². The number of hydrogen-bond donors (Lipinski definition) is 0. The second-order valence-electron chi connectivity index (χ2n) is 13.5. The van der Waals surface area contributed by atoms with Crippen molar-refractivity contribution in [3.05, 3.63) is 199 Å². The molecular formula is C50H37N. The van der Waals surface area contributed by atoms with E-state index in [1.165, 1.54) is 76.8 Å². The fourth-order valence-electron chi connectivity index (χ4n) is 7.65. The third-order valence-electron chi connectivity index (χ3n) is 10.2. The van der Waals surface area contributed by atoms with Crippen LogP contribution in [0, 0.1) is 13.8 Å². The van der Waals surface area contributed by atoms with Crippen LogP contribution in [0.1, 0.15) is 11.1 Å². The Morgan fingerprint density at radius 3 is 1.31 bits per heavy atom. The van der Waals surface area contributed by atoms with Gasteiger partial charge in [-0.15, -0.1) is 0 Å². The van der Waals surface area contributed by atoms with Crippen molar-refractivity contribution in [3.63, 3.8) is 0 Å². The Kier molecular flexibility index (Phi) is 7.67. The average Bonchev–Trinajstić information content (AvgIpc) is 3.18.